The molecule has 0 aromatic heterocycles. The molecule has 0 aromatic rings. The van der Waals surface area contributed by atoms with E-state index in [9.17, 15) is 25.2 Å². The van der Waals surface area contributed by atoms with Gasteiger partial charge in [0.1, 0.15) is 6.10 Å². The third-order valence-corrected chi connectivity index (χ3v) is 9.11. The Labute approximate surface area is 256 Å². The number of cyclic esters (lactones) is 1. The molecule has 0 aromatic carbocycles. The first-order chi connectivity index (χ1) is 20.3. The standard InChI is InChI=1S/C35H64O7/c1-3-4-5-6-7-8-9-11-14-18-29(36)20-17-22-32(39)34-24-23-33(42-34)31(38)21-16-13-10-12-15-19-30(37)26-28-25-27(2)41-35(28)40/h25,27,29-34,36-39H,3-24,26H2,1-2H3/t27-,29?,30-,31+,32-,33-,34-/m0/s1. The molecular formula is C35H64O7. The highest BCUT2D eigenvalue weighted by Gasteiger charge is 2.34. The second-order valence-corrected chi connectivity index (χ2v) is 13.1. The summed E-state index contributed by atoms with van der Waals surface area (Å²) in [7, 11) is 0. The second-order valence-electron chi connectivity index (χ2n) is 13.1. The van der Waals surface area contributed by atoms with Crippen molar-refractivity contribution < 1.29 is 34.7 Å². The van der Waals surface area contributed by atoms with Gasteiger partial charge in [0.15, 0.2) is 0 Å². The molecule has 0 saturated carbocycles. The SMILES string of the molecule is CCCCCCCCCCCC(O)CCC[C@H](O)[C@@H]1CC[C@@H]([C@H](O)CCCCCCC[C@H](O)CC2=C[C@H](C)OC2=O)O1. The second kappa shape index (κ2) is 22.5. The van der Waals surface area contributed by atoms with Gasteiger partial charge in [-0.15, -0.1) is 0 Å². The minimum absolute atomic E-state index is 0.190. The molecule has 2 aliphatic rings. The van der Waals surface area contributed by atoms with E-state index < -0.39 is 18.3 Å². The highest BCUT2D eigenvalue weighted by Crippen LogP contribution is 2.28. The first kappa shape index (κ1) is 37.2. The molecule has 1 unspecified atom stereocenters. The molecule has 42 heavy (non-hydrogen) atoms. The normalized spacial score (nSPS) is 23.5. The van der Waals surface area contributed by atoms with Gasteiger partial charge >= 0.3 is 5.97 Å². The van der Waals surface area contributed by atoms with Crippen LogP contribution in [-0.2, 0) is 14.3 Å². The Hall–Kier alpha value is -0.990. The third-order valence-electron chi connectivity index (χ3n) is 9.11. The van der Waals surface area contributed by atoms with Crippen molar-refractivity contribution in [1.82, 2.24) is 0 Å². The molecule has 0 aliphatic carbocycles. The fourth-order valence-corrected chi connectivity index (χ4v) is 6.43. The zero-order chi connectivity index (χ0) is 30.6. The molecule has 1 saturated heterocycles. The number of ether oxygens (including phenoxy) is 2. The first-order valence-electron chi connectivity index (χ1n) is 17.6. The van der Waals surface area contributed by atoms with Crippen LogP contribution in [0.2, 0.25) is 0 Å². The summed E-state index contributed by atoms with van der Waals surface area (Å²) in [6.45, 7) is 4.07. The number of hydrogen-bond donors (Lipinski definition) is 4. The number of rotatable bonds is 26. The number of aliphatic hydroxyl groups is 4. The van der Waals surface area contributed by atoms with Crippen LogP contribution in [0.1, 0.15) is 162 Å². The number of unbranched alkanes of at least 4 members (excludes halogenated alkanes) is 12. The molecule has 4 N–H and O–H groups in total. The predicted molar refractivity (Wildman–Crippen MR) is 168 cm³/mol. The van der Waals surface area contributed by atoms with Crippen molar-refractivity contribution in [2.75, 3.05) is 0 Å². The topological polar surface area (TPSA) is 116 Å². The van der Waals surface area contributed by atoms with Crippen LogP contribution in [0.3, 0.4) is 0 Å². The van der Waals surface area contributed by atoms with E-state index in [-0.39, 0.29) is 30.4 Å². The molecule has 7 atom stereocenters. The Morgan fingerprint density at radius 1 is 0.667 bits per heavy atom. The molecule has 246 valence electrons. The maximum absolute atomic E-state index is 11.7. The summed E-state index contributed by atoms with van der Waals surface area (Å²) in [4.78, 5) is 11.7. The number of carbonyl (C=O) groups is 1. The lowest BCUT2D eigenvalue weighted by Gasteiger charge is -2.22. The highest BCUT2D eigenvalue weighted by atomic mass is 16.5. The summed E-state index contributed by atoms with van der Waals surface area (Å²) in [6.07, 6.45) is 22.3. The minimum atomic E-state index is -0.531. The molecule has 0 bridgehead atoms. The van der Waals surface area contributed by atoms with Crippen LogP contribution in [0.25, 0.3) is 0 Å². The highest BCUT2D eigenvalue weighted by molar-refractivity contribution is 5.90. The number of esters is 1. The molecule has 1 fully saturated rings. The van der Waals surface area contributed by atoms with E-state index >= 15 is 0 Å². The molecule has 0 spiro atoms. The molecule has 7 heteroatoms. The summed E-state index contributed by atoms with van der Waals surface area (Å²) in [5, 5.41) is 41.7. The van der Waals surface area contributed by atoms with Crippen LogP contribution in [-0.4, -0.2) is 69.1 Å². The zero-order valence-electron chi connectivity index (χ0n) is 26.9. The van der Waals surface area contributed by atoms with E-state index in [0.29, 0.717) is 31.3 Å². The van der Waals surface area contributed by atoms with Gasteiger partial charge in [0.2, 0.25) is 0 Å². The first-order valence-corrected chi connectivity index (χ1v) is 17.6. The molecule has 0 amide bonds. The van der Waals surface area contributed by atoms with Gasteiger partial charge in [-0.2, -0.15) is 0 Å². The van der Waals surface area contributed by atoms with Crippen LogP contribution in [0.4, 0.5) is 0 Å². The lowest BCUT2D eigenvalue weighted by molar-refractivity contribution is -0.139. The summed E-state index contributed by atoms with van der Waals surface area (Å²) in [5.74, 6) is -0.304. The average Bonchev–Trinajstić information content (AvgIpc) is 3.57. The van der Waals surface area contributed by atoms with Crippen molar-refractivity contribution in [2.45, 2.75) is 204 Å². The van der Waals surface area contributed by atoms with Gasteiger partial charge in [0.25, 0.3) is 0 Å². The molecule has 2 rings (SSSR count). The van der Waals surface area contributed by atoms with Crippen molar-refractivity contribution in [1.29, 1.82) is 0 Å². The third kappa shape index (κ3) is 16.2. The summed E-state index contributed by atoms with van der Waals surface area (Å²) < 4.78 is 11.1. The Balaban J connectivity index is 1.42. The van der Waals surface area contributed by atoms with Gasteiger partial charge in [0.05, 0.1) is 36.6 Å². The molecule has 7 nitrogen and oxygen atoms in total. The van der Waals surface area contributed by atoms with Gasteiger partial charge in [-0.05, 0) is 64.4 Å². The Morgan fingerprint density at radius 3 is 1.64 bits per heavy atom. The van der Waals surface area contributed by atoms with Crippen LogP contribution in [0, 0.1) is 0 Å². The molecule has 2 aliphatic heterocycles. The zero-order valence-corrected chi connectivity index (χ0v) is 26.9. The molecule has 2 heterocycles. The van der Waals surface area contributed by atoms with E-state index in [1.807, 2.05) is 6.92 Å². The van der Waals surface area contributed by atoms with Crippen molar-refractivity contribution >= 4 is 5.97 Å². The van der Waals surface area contributed by atoms with Crippen LogP contribution >= 0.6 is 0 Å². The van der Waals surface area contributed by atoms with Crippen molar-refractivity contribution in [3.63, 3.8) is 0 Å². The fraction of sp³-hybridized carbons (Fsp3) is 0.914. The summed E-state index contributed by atoms with van der Waals surface area (Å²) >= 11 is 0. The van der Waals surface area contributed by atoms with E-state index in [1.165, 1.54) is 51.4 Å². The van der Waals surface area contributed by atoms with Crippen molar-refractivity contribution in [3.05, 3.63) is 11.6 Å². The van der Waals surface area contributed by atoms with E-state index in [0.717, 1.165) is 70.6 Å². The largest absolute Gasteiger partial charge is 0.455 e. The van der Waals surface area contributed by atoms with Gasteiger partial charge < -0.3 is 29.9 Å². The minimum Gasteiger partial charge on any atom is -0.455 e. The van der Waals surface area contributed by atoms with E-state index in [4.69, 9.17) is 9.47 Å². The average molecular weight is 597 g/mol. The summed E-state index contributed by atoms with van der Waals surface area (Å²) in [6, 6.07) is 0. The van der Waals surface area contributed by atoms with Crippen LogP contribution in [0.5, 0.6) is 0 Å². The smallest absolute Gasteiger partial charge is 0.334 e. The fourth-order valence-electron chi connectivity index (χ4n) is 6.43. The van der Waals surface area contributed by atoms with Crippen molar-refractivity contribution in [2.24, 2.45) is 0 Å². The van der Waals surface area contributed by atoms with Crippen LogP contribution in [0.15, 0.2) is 11.6 Å². The van der Waals surface area contributed by atoms with Gasteiger partial charge in [-0.3, -0.25) is 0 Å². The molecular weight excluding hydrogens is 532 g/mol. The maximum atomic E-state index is 11.7. The Kier molecular flexibility index (Phi) is 19.9. The number of aliphatic hydroxyl groups excluding tert-OH is 4. The maximum Gasteiger partial charge on any atom is 0.334 e. The Bertz CT molecular complexity index is 726. The lowest BCUT2D eigenvalue weighted by atomic mass is 9.99. The van der Waals surface area contributed by atoms with E-state index in [1.54, 1.807) is 6.08 Å². The predicted octanol–water partition coefficient (Wildman–Crippen LogP) is 7.06. The monoisotopic (exact) mass is 596 g/mol. The molecule has 0 radical (unpaired) electrons. The Morgan fingerprint density at radius 2 is 1.12 bits per heavy atom. The van der Waals surface area contributed by atoms with Crippen molar-refractivity contribution in [3.8, 4) is 0 Å². The number of carbonyl (C=O) groups excluding carboxylic acids is 1. The van der Waals surface area contributed by atoms with Crippen LogP contribution < -0.4 is 0 Å². The quantitative estimate of drug-likeness (QED) is 0.0624. The van der Waals surface area contributed by atoms with Gasteiger partial charge in [-0.1, -0.05) is 96.8 Å². The van der Waals surface area contributed by atoms with E-state index in [2.05, 4.69) is 6.92 Å². The lowest BCUT2D eigenvalue weighted by Crippen LogP contribution is -2.31. The van der Waals surface area contributed by atoms with Gasteiger partial charge in [0, 0.05) is 12.0 Å². The summed E-state index contributed by atoms with van der Waals surface area (Å²) in [5.41, 5.74) is 0.589. The number of hydrogen-bond acceptors (Lipinski definition) is 7. The van der Waals surface area contributed by atoms with Gasteiger partial charge in [-0.25, -0.2) is 4.79 Å².